The first-order chi connectivity index (χ1) is 18.7. The van der Waals surface area contributed by atoms with Gasteiger partial charge >= 0.3 is 0 Å². The highest BCUT2D eigenvalue weighted by atomic mass is 35.5. The Morgan fingerprint density at radius 3 is 2.18 bits per heavy atom. The molecule has 0 fully saturated rings. The summed E-state index contributed by atoms with van der Waals surface area (Å²) in [6.45, 7) is 4.07. The Hall–Kier alpha value is -3.90. The monoisotopic (exact) mass is 587 g/mol. The second-order valence-electron chi connectivity index (χ2n) is 7.81. The van der Waals surface area contributed by atoms with Gasteiger partial charge < -0.3 is 24.8 Å². The van der Waals surface area contributed by atoms with Gasteiger partial charge in [-0.15, -0.1) is 0 Å². The van der Waals surface area contributed by atoms with Gasteiger partial charge in [0.1, 0.15) is 17.4 Å². The molecule has 0 bridgehead atoms. The summed E-state index contributed by atoms with van der Waals surface area (Å²) < 4.78 is 16.7. The summed E-state index contributed by atoms with van der Waals surface area (Å²) in [5, 5.41) is 15.7. The highest BCUT2D eigenvalue weighted by Gasteiger charge is 2.16. The van der Waals surface area contributed by atoms with E-state index in [0.717, 1.165) is 0 Å². The third kappa shape index (κ3) is 8.55. The fraction of sp³-hybridized carbons (Fsp3) is 0.179. The van der Waals surface area contributed by atoms with Crippen LogP contribution in [0.1, 0.15) is 19.4 Å². The van der Waals surface area contributed by atoms with E-state index in [9.17, 15) is 14.9 Å². The Morgan fingerprint density at radius 1 is 0.846 bits per heavy atom. The summed E-state index contributed by atoms with van der Waals surface area (Å²) in [6.07, 6.45) is 1.37. The summed E-state index contributed by atoms with van der Waals surface area (Å²) in [4.78, 5) is 25.1. The highest BCUT2D eigenvalue weighted by Crippen LogP contribution is 2.37. The lowest BCUT2D eigenvalue weighted by atomic mass is 10.1. The van der Waals surface area contributed by atoms with Gasteiger partial charge in [-0.1, -0.05) is 34.8 Å². The summed E-state index contributed by atoms with van der Waals surface area (Å²) in [5.74, 6) is -0.0254. The zero-order valence-corrected chi connectivity index (χ0v) is 23.3. The fourth-order valence-corrected chi connectivity index (χ4v) is 3.87. The molecule has 39 heavy (non-hydrogen) atoms. The number of ether oxygens (including phenoxy) is 3. The van der Waals surface area contributed by atoms with Crippen molar-refractivity contribution in [2.45, 2.75) is 13.8 Å². The molecule has 0 aliphatic carbocycles. The lowest BCUT2D eigenvalue weighted by molar-refractivity contribution is -0.118. The van der Waals surface area contributed by atoms with Gasteiger partial charge in [0.25, 0.3) is 11.8 Å². The lowest BCUT2D eigenvalue weighted by Crippen LogP contribution is -2.20. The topological polar surface area (TPSA) is 110 Å². The van der Waals surface area contributed by atoms with E-state index < -0.39 is 11.8 Å². The number of carbonyl (C=O) groups is 2. The van der Waals surface area contributed by atoms with Crippen LogP contribution in [0, 0.1) is 11.3 Å². The number of nitrogens with zero attached hydrogens (tertiary/aromatic N) is 1. The van der Waals surface area contributed by atoms with Crippen molar-refractivity contribution in [3.05, 3.63) is 80.8 Å². The van der Waals surface area contributed by atoms with E-state index in [1.165, 1.54) is 18.2 Å². The van der Waals surface area contributed by atoms with E-state index in [0.29, 0.717) is 39.3 Å². The molecule has 0 aliphatic heterocycles. The number of amides is 2. The van der Waals surface area contributed by atoms with Crippen LogP contribution < -0.4 is 24.8 Å². The first kappa shape index (κ1) is 29.7. The minimum Gasteiger partial charge on any atom is -0.494 e. The van der Waals surface area contributed by atoms with Crippen LogP contribution in [0.4, 0.5) is 11.4 Å². The molecule has 2 N–H and O–H groups in total. The Balaban J connectivity index is 1.74. The van der Waals surface area contributed by atoms with Crippen LogP contribution in [0.15, 0.2) is 60.2 Å². The predicted molar refractivity (Wildman–Crippen MR) is 153 cm³/mol. The summed E-state index contributed by atoms with van der Waals surface area (Å²) in [7, 11) is 0. The predicted octanol–water partition coefficient (Wildman–Crippen LogP) is 7.01. The van der Waals surface area contributed by atoms with Crippen LogP contribution in [-0.2, 0) is 9.59 Å². The van der Waals surface area contributed by atoms with Gasteiger partial charge in [0, 0.05) is 11.4 Å². The minimum absolute atomic E-state index is 0.124. The molecular weight excluding hydrogens is 565 g/mol. The van der Waals surface area contributed by atoms with E-state index in [4.69, 9.17) is 49.0 Å². The van der Waals surface area contributed by atoms with Crippen molar-refractivity contribution in [1.82, 2.24) is 0 Å². The highest BCUT2D eigenvalue weighted by molar-refractivity contribution is 6.42. The number of benzene rings is 3. The smallest absolute Gasteiger partial charge is 0.266 e. The van der Waals surface area contributed by atoms with Crippen molar-refractivity contribution in [3.63, 3.8) is 0 Å². The van der Waals surface area contributed by atoms with Crippen LogP contribution in [0.25, 0.3) is 6.08 Å². The van der Waals surface area contributed by atoms with Gasteiger partial charge in [-0.3, -0.25) is 9.59 Å². The first-order valence-electron chi connectivity index (χ1n) is 11.7. The molecule has 0 spiro atoms. The van der Waals surface area contributed by atoms with Crippen LogP contribution in [0.5, 0.6) is 17.2 Å². The standard InChI is InChI=1S/C28H24Cl3N3O5/c1-3-37-21-8-5-19(6-9-21)34-28(36)18(15-32)11-17-12-24(31)27(25(13-17)38-4-2)39-16-26(35)33-20-7-10-22(29)23(30)14-20/h5-14H,3-4,16H2,1-2H3,(H,33,35)(H,34,36)/b18-11+. The summed E-state index contributed by atoms with van der Waals surface area (Å²) in [6, 6.07) is 16.4. The fourth-order valence-electron chi connectivity index (χ4n) is 3.30. The number of nitrogens with one attached hydrogen (secondary N) is 2. The molecule has 0 aromatic heterocycles. The average molecular weight is 589 g/mol. The number of halogens is 3. The van der Waals surface area contributed by atoms with Crippen LogP contribution in [0.2, 0.25) is 15.1 Å². The molecular formula is C28H24Cl3N3O5. The maximum Gasteiger partial charge on any atom is 0.266 e. The molecule has 0 heterocycles. The molecule has 0 saturated carbocycles. The van der Waals surface area contributed by atoms with Gasteiger partial charge in [0.2, 0.25) is 0 Å². The van der Waals surface area contributed by atoms with Crippen molar-refractivity contribution in [2.24, 2.45) is 0 Å². The number of anilines is 2. The van der Waals surface area contributed by atoms with Crippen molar-refractivity contribution >= 4 is 64.1 Å². The molecule has 8 nitrogen and oxygen atoms in total. The van der Waals surface area contributed by atoms with E-state index >= 15 is 0 Å². The van der Waals surface area contributed by atoms with Crippen molar-refractivity contribution in [2.75, 3.05) is 30.5 Å². The van der Waals surface area contributed by atoms with E-state index in [2.05, 4.69) is 10.6 Å². The Kier molecular flexibility index (Phi) is 10.9. The van der Waals surface area contributed by atoms with Crippen LogP contribution >= 0.6 is 34.8 Å². The Labute approximate surface area is 241 Å². The molecule has 3 rings (SSSR count). The van der Waals surface area contributed by atoms with Gasteiger partial charge in [-0.05, 0) is 80.1 Å². The van der Waals surface area contributed by atoms with Gasteiger partial charge in [-0.2, -0.15) is 5.26 Å². The number of carbonyl (C=O) groups excluding carboxylic acids is 2. The molecule has 3 aromatic rings. The second-order valence-corrected chi connectivity index (χ2v) is 9.03. The second kappa shape index (κ2) is 14.3. The Morgan fingerprint density at radius 2 is 1.54 bits per heavy atom. The Bertz CT molecular complexity index is 1420. The number of nitriles is 1. The molecule has 0 atom stereocenters. The number of hydrogen-bond acceptors (Lipinski definition) is 6. The molecule has 202 valence electrons. The van der Waals surface area contributed by atoms with E-state index in [1.54, 1.807) is 49.4 Å². The molecule has 0 unspecified atom stereocenters. The largest absolute Gasteiger partial charge is 0.494 e. The molecule has 3 aromatic carbocycles. The van der Waals surface area contributed by atoms with Crippen LogP contribution in [-0.4, -0.2) is 31.6 Å². The quantitative estimate of drug-likeness (QED) is 0.184. The maximum absolute atomic E-state index is 12.7. The van der Waals surface area contributed by atoms with Gasteiger partial charge in [-0.25, -0.2) is 0 Å². The SMILES string of the molecule is CCOc1ccc(NC(=O)/C(C#N)=C/c2cc(Cl)c(OCC(=O)Nc3ccc(Cl)c(Cl)c3)c(OCC)c2)cc1. The van der Waals surface area contributed by atoms with Gasteiger partial charge in [0.15, 0.2) is 18.1 Å². The summed E-state index contributed by atoms with van der Waals surface area (Å²) in [5.41, 5.74) is 1.22. The number of rotatable bonds is 11. The maximum atomic E-state index is 12.7. The van der Waals surface area contributed by atoms with E-state index in [1.807, 2.05) is 13.0 Å². The third-order valence-corrected chi connectivity index (χ3v) is 6.00. The first-order valence-corrected chi connectivity index (χ1v) is 12.9. The van der Waals surface area contributed by atoms with Gasteiger partial charge in [0.05, 0.1) is 28.3 Å². The van der Waals surface area contributed by atoms with Crippen molar-refractivity contribution < 1.29 is 23.8 Å². The zero-order valence-electron chi connectivity index (χ0n) is 21.0. The zero-order chi connectivity index (χ0) is 28.4. The normalized spacial score (nSPS) is 10.8. The number of hydrogen-bond donors (Lipinski definition) is 2. The van der Waals surface area contributed by atoms with Crippen molar-refractivity contribution in [1.29, 1.82) is 5.26 Å². The molecule has 0 radical (unpaired) electrons. The van der Waals surface area contributed by atoms with Crippen LogP contribution in [0.3, 0.4) is 0 Å². The third-order valence-electron chi connectivity index (χ3n) is 4.98. The molecule has 2 amide bonds. The van der Waals surface area contributed by atoms with E-state index in [-0.39, 0.29) is 35.3 Å². The lowest BCUT2D eigenvalue weighted by Gasteiger charge is -2.15. The average Bonchev–Trinajstić information content (AvgIpc) is 2.90. The molecule has 0 saturated heterocycles. The van der Waals surface area contributed by atoms with Crippen molar-refractivity contribution in [3.8, 4) is 23.3 Å². The molecule has 0 aliphatic rings. The molecule has 11 heteroatoms. The summed E-state index contributed by atoms with van der Waals surface area (Å²) >= 11 is 18.3. The minimum atomic E-state index is -0.602.